The van der Waals surface area contributed by atoms with Crippen LogP contribution < -0.4 is 0 Å². The predicted molar refractivity (Wildman–Crippen MR) is 121 cm³/mol. The third kappa shape index (κ3) is 6.08. The van der Waals surface area contributed by atoms with Crippen LogP contribution in [0.1, 0.15) is 109 Å². The van der Waals surface area contributed by atoms with Crippen LogP contribution in [-0.2, 0) is 10.2 Å². The average Bonchev–Trinajstić information content (AvgIpc) is 2.79. The number of aliphatic carboxylic acids is 1. The minimum absolute atomic E-state index is 0.0529. The molecule has 2 nitrogen and oxygen atoms in total. The van der Waals surface area contributed by atoms with Gasteiger partial charge < -0.3 is 5.11 Å². The first-order chi connectivity index (χ1) is 15.4. The lowest BCUT2D eigenvalue weighted by atomic mass is 9.65. The van der Waals surface area contributed by atoms with E-state index in [9.17, 15) is 23.1 Å². The molecule has 1 N–H and O–H groups in total. The van der Waals surface area contributed by atoms with E-state index in [1.165, 1.54) is 64.2 Å². The van der Waals surface area contributed by atoms with Crippen molar-refractivity contribution in [1.82, 2.24) is 0 Å². The third-order valence-electron chi connectivity index (χ3n) is 8.32. The molecule has 0 heterocycles. The molecule has 32 heavy (non-hydrogen) atoms. The highest BCUT2D eigenvalue weighted by Gasteiger charge is 2.44. The molecule has 2 aliphatic rings. The number of hydrogen-bond acceptors (Lipinski definition) is 1. The molecule has 3 rings (SSSR count). The molecule has 0 bridgehead atoms. The molecular weight excluding hydrogens is 413 g/mol. The molecule has 180 valence electrons. The van der Waals surface area contributed by atoms with Crippen LogP contribution in [0.2, 0.25) is 0 Å². The largest absolute Gasteiger partial charge is 0.481 e. The molecule has 0 amide bonds. The fraction of sp³-hybridized carbons (Fsp3) is 0.741. The molecule has 2 aliphatic carbocycles. The molecule has 0 aliphatic heterocycles. The molecule has 0 radical (unpaired) electrons. The van der Waals surface area contributed by atoms with Gasteiger partial charge in [0.05, 0.1) is 5.41 Å². The van der Waals surface area contributed by atoms with Gasteiger partial charge in [-0.05, 0) is 61.1 Å². The zero-order valence-electron chi connectivity index (χ0n) is 19.5. The van der Waals surface area contributed by atoms with Crippen LogP contribution in [0.15, 0.2) is 12.1 Å². The molecule has 1 aromatic rings. The topological polar surface area (TPSA) is 37.3 Å². The number of unbranched alkanes of at least 4 members (excludes halogenated alkanes) is 3. The van der Waals surface area contributed by atoms with Crippen molar-refractivity contribution in [2.45, 2.75) is 109 Å². The summed E-state index contributed by atoms with van der Waals surface area (Å²) in [6.45, 7) is 2.25. The van der Waals surface area contributed by atoms with Gasteiger partial charge >= 0.3 is 5.97 Å². The molecule has 0 spiro atoms. The van der Waals surface area contributed by atoms with Crippen LogP contribution in [-0.4, -0.2) is 11.1 Å². The molecule has 0 atom stereocenters. The first kappa shape index (κ1) is 25.1. The van der Waals surface area contributed by atoms with Gasteiger partial charge in [-0.1, -0.05) is 77.6 Å². The fourth-order valence-corrected chi connectivity index (χ4v) is 6.06. The predicted octanol–water partition coefficient (Wildman–Crippen LogP) is 8.17. The first-order valence-electron chi connectivity index (χ1n) is 12.7. The van der Waals surface area contributed by atoms with E-state index < -0.39 is 28.8 Å². The summed E-state index contributed by atoms with van der Waals surface area (Å²) in [6, 6.07) is 1.74. The second-order valence-electron chi connectivity index (χ2n) is 10.4. The van der Waals surface area contributed by atoms with Crippen molar-refractivity contribution < 1.29 is 23.1 Å². The standard InChI is InChI=1S/C27H39F3O2/c1-2-3-4-5-6-19-7-9-20(10-8-19)11-12-21-13-15-27(16-14-21,26(31)32)22-17-23(28)25(30)24(29)18-22/h17-21H,2-16H2,1H3,(H,31,32). The summed E-state index contributed by atoms with van der Waals surface area (Å²) in [5.74, 6) is -3.09. The van der Waals surface area contributed by atoms with E-state index >= 15 is 0 Å². The Morgan fingerprint density at radius 2 is 1.34 bits per heavy atom. The summed E-state index contributed by atoms with van der Waals surface area (Å²) in [7, 11) is 0. The number of halogens is 3. The number of benzene rings is 1. The van der Waals surface area contributed by atoms with E-state index in [-0.39, 0.29) is 5.56 Å². The van der Waals surface area contributed by atoms with Crippen LogP contribution in [0.4, 0.5) is 13.2 Å². The van der Waals surface area contributed by atoms with Crippen molar-refractivity contribution >= 4 is 5.97 Å². The van der Waals surface area contributed by atoms with Gasteiger partial charge in [-0.25, -0.2) is 13.2 Å². The summed E-state index contributed by atoms with van der Waals surface area (Å²) in [6.07, 6.45) is 16.6. The normalized spacial score (nSPS) is 28.6. The zero-order chi connectivity index (χ0) is 23.1. The lowest BCUT2D eigenvalue weighted by molar-refractivity contribution is -0.145. The molecule has 1 aromatic carbocycles. The minimum atomic E-state index is -1.54. The van der Waals surface area contributed by atoms with Gasteiger partial charge in [-0.2, -0.15) is 0 Å². The van der Waals surface area contributed by atoms with Crippen molar-refractivity contribution in [1.29, 1.82) is 0 Å². The molecular formula is C27H39F3O2. The Morgan fingerprint density at radius 1 is 0.844 bits per heavy atom. The maximum absolute atomic E-state index is 13.8. The summed E-state index contributed by atoms with van der Waals surface area (Å²) >= 11 is 0. The smallest absolute Gasteiger partial charge is 0.314 e. The van der Waals surface area contributed by atoms with Crippen molar-refractivity contribution in [3.63, 3.8) is 0 Å². The molecule has 5 heteroatoms. The van der Waals surface area contributed by atoms with Crippen LogP contribution in [0.5, 0.6) is 0 Å². The highest BCUT2D eigenvalue weighted by molar-refractivity contribution is 5.81. The molecule has 2 fully saturated rings. The van der Waals surface area contributed by atoms with Gasteiger partial charge in [0.2, 0.25) is 0 Å². The molecule has 2 saturated carbocycles. The van der Waals surface area contributed by atoms with Crippen molar-refractivity contribution in [3.05, 3.63) is 35.1 Å². The second-order valence-corrected chi connectivity index (χ2v) is 10.4. The number of hydrogen-bond donors (Lipinski definition) is 1. The highest BCUT2D eigenvalue weighted by Crippen LogP contribution is 2.45. The lowest BCUT2D eigenvalue weighted by Gasteiger charge is -2.38. The van der Waals surface area contributed by atoms with E-state index in [0.717, 1.165) is 43.2 Å². The summed E-state index contributed by atoms with van der Waals surface area (Å²) in [5, 5.41) is 9.89. The summed E-state index contributed by atoms with van der Waals surface area (Å²) in [5.41, 5.74) is -1.26. The van der Waals surface area contributed by atoms with Crippen molar-refractivity contribution in [2.24, 2.45) is 17.8 Å². The van der Waals surface area contributed by atoms with Gasteiger partial charge in [0, 0.05) is 0 Å². The Balaban J connectivity index is 1.46. The Hall–Kier alpha value is -1.52. The monoisotopic (exact) mass is 452 g/mol. The highest BCUT2D eigenvalue weighted by atomic mass is 19.2. The maximum atomic E-state index is 13.8. The van der Waals surface area contributed by atoms with Crippen LogP contribution in [0.3, 0.4) is 0 Å². The Morgan fingerprint density at radius 3 is 1.84 bits per heavy atom. The van der Waals surface area contributed by atoms with Gasteiger partial charge in [0.15, 0.2) is 17.5 Å². The summed E-state index contributed by atoms with van der Waals surface area (Å²) < 4.78 is 40.9. The van der Waals surface area contributed by atoms with E-state index in [2.05, 4.69) is 6.92 Å². The number of carbonyl (C=O) groups is 1. The average molecular weight is 453 g/mol. The second kappa shape index (κ2) is 11.6. The number of rotatable bonds is 10. The van der Waals surface area contributed by atoms with E-state index in [4.69, 9.17) is 0 Å². The van der Waals surface area contributed by atoms with Crippen LogP contribution in [0, 0.1) is 35.2 Å². The van der Waals surface area contributed by atoms with E-state index in [0.29, 0.717) is 18.8 Å². The third-order valence-corrected chi connectivity index (χ3v) is 8.32. The van der Waals surface area contributed by atoms with Gasteiger partial charge in [0.25, 0.3) is 0 Å². The van der Waals surface area contributed by atoms with E-state index in [1.54, 1.807) is 0 Å². The quantitative estimate of drug-likeness (QED) is 0.287. The number of carboxylic acid groups (broad SMARTS) is 1. The molecule has 0 unspecified atom stereocenters. The fourth-order valence-electron chi connectivity index (χ4n) is 6.06. The lowest BCUT2D eigenvalue weighted by Crippen LogP contribution is -2.40. The summed E-state index contributed by atoms with van der Waals surface area (Å²) in [4.78, 5) is 12.1. The van der Waals surface area contributed by atoms with Crippen molar-refractivity contribution in [2.75, 3.05) is 0 Å². The van der Waals surface area contributed by atoms with Gasteiger partial charge in [-0.3, -0.25) is 4.79 Å². The SMILES string of the molecule is CCCCCCC1CCC(CCC2CCC(C(=O)O)(c3cc(F)c(F)c(F)c3)CC2)CC1. The van der Waals surface area contributed by atoms with Crippen molar-refractivity contribution in [3.8, 4) is 0 Å². The first-order valence-corrected chi connectivity index (χ1v) is 12.7. The van der Waals surface area contributed by atoms with E-state index in [1.807, 2.05) is 0 Å². The molecule has 0 saturated heterocycles. The Kier molecular flexibility index (Phi) is 9.07. The Labute approximate surface area is 191 Å². The van der Waals surface area contributed by atoms with Gasteiger partial charge in [0.1, 0.15) is 0 Å². The van der Waals surface area contributed by atoms with Gasteiger partial charge in [-0.15, -0.1) is 0 Å². The van der Waals surface area contributed by atoms with Crippen LogP contribution >= 0.6 is 0 Å². The van der Waals surface area contributed by atoms with Crippen LogP contribution in [0.25, 0.3) is 0 Å². The zero-order valence-corrected chi connectivity index (χ0v) is 19.5. The Bertz CT molecular complexity index is 724. The number of carboxylic acids is 1. The maximum Gasteiger partial charge on any atom is 0.314 e. The minimum Gasteiger partial charge on any atom is -0.481 e. The molecule has 0 aromatic heterocycles.